The van der Waals surface area contributed by atoms with Crippen LogP contribution in [-0.4, -0.2) is 19.1 Å². The third-order valence-corrected chi connectivity index (χ3v) is 10.1. The Morgan fingerprint density at radius 3 is 1.79 bits per heavy atom. The van der Waals surface area contributed by atoms with Crippen LogP contribution in [0.1, 0.15) is 0 Å². The lowest BCUT2D eigenvalue weighted by molar-refractivity contribution is 1.14. The van der Waals surface area contributed by atoms with Gasteiger partial charge in [-0.3, -0.25) is 9.97 Å². The minimum Gasteiger partial charge on any atom is -0.308 e. The molecule has 0 bridgehead atoms. The third kappa shape index (κ3) is 3.38. The van der Waals surface area contributed by atoms with Gasteiger partial charge in [0.1, 0.15) is 0 Å². The number of hydrogen-bond donors (Lipinski definition) is 0. The van der Waals surface area contributed by atoms with Gasteiger partial charge in [0.05, 0.1) is 33.1 Å². The van der Waals surface area contributed by atoms with Crippen LogP contribution in [-0.2, 0) is 0 Å². The van der Waals surface area contributed by atoms with Gasteiger partial charge in [0.25, 0.3) is 0 Å². The molecular weight excluding hydrogens is 585 g/mol. The van der Waals surface area contributed by atoms with Gasteiger partial charge in [-0.15, -0.1) is 0 Å². The zero-order valence-corrected chi connectivity index (χ0v) is 25.8. The van der Waals surface area contributed by atoms with Gasteiger partial charge >= 0.3 is 0 Å². The maximum Gasteiger partial charge on any atom is 0.0969 e. The van der Waals surface area contributed by atoms with Crippen LogP contribution in [0.4, 0.5) is 0 Å². The lowest BCUT2D eigenvalue weighted by Gasteiger charge is -2.16. The van der Waals surface area contributed by atoms with E-state index in [0.717, 1.165) is 49.9 Å². The number of benzene rings is 7. The maximum atomic E-state index is 5.00. The van der Waals surface area contributed by atoms with Gasteiger partial charge in [0.2, 0.25) is 0 Å². The zero-order chi connectivity index (χ0) is 31.3. The van der Waals surface area contributed by atoms with Crippen LogP contribution < -0.4 is 0 Å². The predicted octanol–water partition coefficient (Wildman–Crippen LogP) is 11.2. The standard InChI is InChI=1S/C44H26N4/c1-2-8-27(9-3-1)32-21-14-28-15-23-35-41-29(16-22-33(32)40(28)41)26-39-42(35)44-38(13-7-25-46-44)48(39)31-19-17-30(18-20-31)47-36-11-5-4-10-34(36)43-37(47)12-6-24-45-43/h1-26H. The number of hydrogen-bond acceptors (Lipinski definition) is 2. The monoisotopic (exact) mass is 610 g/mol. The van der Waals surface area contributed by atoms with Crippen LogP contribution in [0.15, 0.2) is 158 Å². The topological polar surface area (TPSA) is 35.6 Å². The van der Waals surface area contributed by atoms with Crippen molar-refractivity contribution in [3.63, 3.8) is 0 Å². The molecule has 4 aromatic heterocycles. The Hall–Kier alpha value is -6.52. The number of aromatic nitrogens is 4. The molecule has 48 heavy (non-hydrogen) atoms. The number of para-hydroxylation sites is 1. The van der Waals surface area contributed by atoms with E-state index >= 15 is 0 Å². The first-order chi connectivity index (χ1) is 23.8. The first-order valence-electron chi connectivity index (χ1n) is 16.3. The molecule has 11 rings (SSSR count). The molecule has 0 aliphatic carbocycles. The lowest BCUT2D eigenvalue weighted by atomic mass is 9.89. The van der Waals surface area contributed by atoms with Crippen LogP contribution in [0, 0.1) is 0 Å². The fourth-order valence-corrected chi connectivity index (χ4v) is 8.15. The highest BCUT2D eigenvalue weighted by atomic mass is 15.0. The van der Waals surface area contributed by atoms with E-state index in [1.165, 1.54) is 48.8 Å². The first kappa shape index (κ1) is 25.6. The molecule has 0 N–H and O–H groups in total. The summed E-state index contributed by atoms with van der Waals surface area (Å²) in [5.74, 6) is 0. The summed E-state index contributed by atoms with van der Waals surface area (Å²) in [5.41, 5.74) is 11.3. The van der Waals surface area contributed by atoms with Crippen molar-refractivity contribution in [1.29, 1.82) is 0 Å². The van der Waals surface area contributed by atoms with E-state index in [1.54, 1.807) is 0 Å². The summed E-state index contributed by atoms with van der Waals surface area (Å²) in [6, 6.07) is 52.6. The summed E-state index contributed by atoms with van der Waals surface area (Å²) in [4.78, 5) is 9.73. The maximum absolute atomic E-state index is 5.00. The van der Waals surface area contributed by atoms with Crippen molar-refractivity contribution in [1.82, 2.24) is 19.1 Å². The van der Waals surface area contributed by atoms with Crippen LogP contribution >= 0.6 is 0 Å². The van der Waals surface area contributed by atoms with Crippen LogP contribution in [0.25, 0.3) is 98.7 Å². The normalized spacial score (nSPS) is 12.2. The van der Waals surface area contributed by atoms with Gasteiger partial charge in [-0.25, -0.2) is 0 Å². The van der Waals surface area contributed by atoms with E-state index in [0.29, 0.717) is 0 Å². The van der Waals surface area contributed by atoms with Crippen molar-refractivity contribution in [2.24, 2.45) is 0 Å². The number of nitrogens with zero attached hydrogens (tertiary/aromatic N) is 4. The lowest BCUT2D eigenvalue weighted by Crippen LogP contribution is -1.97. The van der Waals surface area contributed by atoms with Crippen molar-refractivity contribution in [2.75, 3.05) is 0 Å². The van der Waals surface area contributed by atoms with Gasteiger partial charge < -0.3 is 9.13 Å². The van der Waals surface area contributed by atoms with Gasteiger partial charge in [-0.2, -0.15) is 0 Å². The molecular formula is C44H26N4. The van der Waals surface area contributed by atoms with Crippen molar-refractivity contribution in [3.05, 3.63) is 158 Å². The van der Waals surface area contributed by atoms with Crippen molar-refractivity contribution < 1.29 is 0 Å². The second kappa shape index (κ2) is 9.50. The summed E-state index contributed by atoms with van der Waals surface area (Å²) < 4.78 is 4.68. The van der Waals surface area contributed by atoms with E-state index in [4.69, 9.17) is 9.97 Å². The van der Waals surface area contributed by atoms with Crippen molar-refractivity contribution in [3.8, 4) is 22.5 Å². The molecule has 0 amide bonds. The van der Waals surface area contributed by atoms with E-state index in [1.807, 2.05) is 24.5 Å². The van der Waals surface area contributed by atoms with Crippen LogP contribution in [0.2, 0.25) is 0 Å². The predicted molar refractivity (Wildman–Crippen MR) is 200 cm³/mol. The molecule has 0 spiro atoms. The highest BCUT2D eigenvalue weighted by Gasteiger charge is 2.20. The second-order valence-corrected chi connectivity index (χ2v) is 12.6. The minimum absolute atomic E-state index is 1.02. The van der Waals surface area contributed by atoms with E-state index < -0.39 is 0 Å². The summed E-state index contributed by atoms with van der Waals surface area (Å²) in [6.07, 6.45) is 3.79. The van der Waals surface area contributed by atoms with Crippen molar-refractivity contribution >= 4 is 76.2 Å². The SMILES string of the molecule is c1ccc(-c2ccc3ccc4c5c(ccc2c35)cc2c4c3ncccc3n2-c2ccc(-n3c4ccccc4c4ncccc43)cc2)cc1. The molecule has 4 heteroatoms. The molecule has 0 fully saturated rings. The van der Waals surface area contributed by atoms with Gasteiger partial charge in [-0.1, -0.05) is 84.9 Å². The Kier molecular flexibility index (Phi) is 5.08. The van der Waals surface area contributed by atoms with Crippen LogP contribution in [0.3, 0.4) is 0 Å². The Labute approximate surface area is 275 Å². The molecule has 0 radical (unpaired) electrons. The average molecular weight is 611 g/mol. The summed E-state index contributed by atoms with van der Waals surface area (Å²) >= 11 is 0. The molecule has 0 saturated carbocycles. The highest BCUT2D eigenvalue weighted by molar-refractivity contribution is 6.33. The van der Waals surface area contributed by atoms with Gasteiger partial charge in [-0.05, 0) is 104 Å². The Bertz CT molecular complexity index is 2990. The van der Waals surface area contributed by atoms with E-state index in [-0.39, 0.29) is 0 Å². The number of fused-ring (bicyclic) bond motifs is 7. The first-order valence-corrected chi connectivity index (χ1v) is 16.3. The molecule has 7 aromatic carbocycles. The summed E-state index contributed by atoms with van der Waals surface area (Å²) in [6.45, 7) is 0. The fraction of sp³-hybridized carbons (Fsp3) is 0. The van der Waals surface area contributed by atoms with E-state index in [9.17, 15) is 0 Å². The van der Waals surface area contributed by atoms with Gasteiger partial charge in [0.15, 0.2) is 0 Å². The largest absolute Gasteiger partial charge is 0.308 e. The Morgan fingerprint density at radius 2 is 0.979 bits per heavy atom. The fourth-order valence-electron chi connectivity index (χ4n) is 8.15. The van der Waals surface area contributed by atoms with Crippen molar-refractivity contribution in [2.45, 2.75) is 0 Å². The van der Waals surface area contributed by atoms with Gasteiger partial charge in [0, 0.05) is 34.5 Å². The third-order valence-electron chi connectivity index (χ3n) is 10.1. The molecule has 0 unspecified atom stereocenters. The second-order valence-electron chi connectivity index (χ2n) is 12.6. The average Bonchev–Trinajstić information content (AvgIpc) is 3.67. The highest BCUT2D eigenvalue weighted by Crippen LogP contribution is 2.44. The molecule has 0 saturated heterocycles. The quantitative estimate of drug-likeness (QED) is 0.187. The molecule has 4 heterocycles. The Balaban J connectivity index is 1.17. The zero-order valence-electron chi connectivity index (χ0n) is 25.8. The molecule has 222 valence electrons. The minimum atomic E-state index is 1.02. The number of pyridine rings is 2. The molecule has 4 nitrogen and oxygen atoms in total. The van der Waals surface area contributed by atoms with Crippen LogP contribution in [0.5, 0.6) is 0 Å². The number of rotatable bonds is 3. The molecule has 11 aromatic rings. The summed E-state index contributed by atoms with van der Waals surface area (Å²) in [5, 5.41) is 9.98. The Morgan fingerprint density at radius 1 is 0.375 bits per heavy atom. The molecule has 0 aliphatic heterocycles. The molecule has 0 atom stereocenters. The van der Waals surface area contributed by atoms with E-state index in [2.05, 4.69) is 143 Å². The summed E-state index contributed by atoms with van der Waals surface area (Å²) in [7, 11) is 0. The smallest absolute Gasteiger partial charge is 0.0969 e. The molecule has 0 aliphatic rings.